The van der Waals surface area contributed by atoms with E-state index in [1.165, 1.54) is 6.26 Å². The van der Waals surface area contributed by atoms with Crippen LogP contribution in [0, 0.1) is 0 Å². The third-order valence-corrected chi connectivity index (χ3v) is 2.19. The summed E-state index contributed by atoms with van der Waals surface area (Å²) in [6.45, 7) is 5.12. The van der Waals surface area contributed by atoms with E-state index in [0.717, 1.165) is 0 Å². The molecule has 0 aliphatic carbocycles. The Balaban J connectivity index is 2.53. The molecule has 6 nitrogen and oxygen atoms in total. The lowest BCUT2D eigenvalue weighted by Crippen LogP contribution is -2.43. The minimum atomic E-state index is -1.13. The van der Waals surface area contributed by atoms with Gasteiger partial charge >= 0.3 is 12.1 Å². The molecule has 1 atom stereocenters. The molecule has 0 spiro atoms. The number of aliphatic carboxylic acids is 1. The molecule has 6 heteroatoms. The van der Waals surface area contributed by atoms with Gasteiger partial charge in [-0.3, -0.25) is 0 Å². The van der Waals surface area contributed by atoms with Crippen molar-refractivity contribution < 1.29 is 23.8 Å². The number of ether oxygens (including phenoxy) is 1. The van der Waals surface area contributed by atoms with Gasteiger partial charge in [-0.25, -0.2) is 9.59 Å². The Kier molecular flexibility index (Phi) is 5.37. The van der Waals surface area contributed by atoms with Crippen molar-refractivity contribution in [2.24, 2.45) is 0 Å². The maximum absolute atomic E-state index is 11.5. The van der Waals surface area contributed by atoms with Gasteiger partial charge < -0.3 is 19.6 Å². The fourth-order valence-corrected chi connectivity index (χ4v) is 1.38. The molecule has 1 unspecified atom stereocenters. The summed E-state index contributed by atoms with van der Waals surface area (Å²) in [6, 6.07) is 2.43. The van der Waals surface area contributed by atoms with Gasteiger partial charge in [0.25, 0.3) is 0 Å². The van der Waals surface area contributed by atoms with Crippen molar-refractivity contribution in [2.45, 2.75) is 38.8 Å². The summed E-state index contributed by atoms with van der Waals surface area (Å²) in [6.07, 6.45) is 4.17. The first-order valence-corrected chi connectivity index (χ1v) is 6.20. The molecular formula is C14H19NO5. The molecular weight excluding hydrogens is 262 g/mol. The van der Waals surface area contributed by atoms with E-state index in [0.29, 0.717) is 5.76 Å². The minimum Gasteiger partial charge on any atom is -0.480 e. The largest absolute Gasteiger partial charge is 0.480 e. The maximum Gasteiger partial charge on any atom is 0.408 e. The van der Waals surface area contributed by atoms with Gasteiger partial charge in [0.2, 0.25) is 0 Å². The Labute approximate surface area is 117 Å². The first kappa shape index (κ1) is 15.8. The van der Waals surface area contributed by atoms with E-state index in [1.807, 2.05) is 0 Å². The third kappa shape index (κ3) is 6.08. The number of rotatable bonds is 5. The van der Waals surface area contributed by atoms with Crippen LogP contribution in [-0.2, 0) is 9.53 Å². The Bertz CT molecular complexity index is 470. The fourth-order valence-electron chi connectivity index (χ4n) is 1.38. The smallest absolute Gasteiger partial charge is 0.408 e. The molecule has 1 amide bonds. The molecule has 0 aliphatic rings. The first-order chi connectivity index (χ1) is 9.28. The number of nitrogens with one attached hydrogen (secondary N) is 1. The average molecular weight is 281 g/mol. The molecule has 0 saturated heterocycles. The standard InChI is InChI=1S/C14H19NO5/c1-14(2,3)20-13(18)15-11(12(16)17)8-4-6-10-7-5-9-19-10/h4-7,9,11H,8H2,1-3H3,(H,15,18)(H,16,17)/b6-4+. The summed E-state index contributed by atoms with van der Waals surface area (Å²) in [5.74, 6) is -0.508. The minimum absolute atomic E-state index is 0.134. The molecule has 0 fully saturated rings. The quantitative estimate of drug-likeness (QED) is 0.866. The van der Waals surface area contributed by atoms with Gasteiger partial charge in [0.15, 0.2) is 0 Å². The molecule has 0 bridgehead atoms. The van der Waals surface area contributed by atoms with E-state index in [2.05, 4.69) is 5.32 Å². The Morgan fingerprint density at radius 2 is 2.20 bits per heavy atom. The highest BCUT2D eigenvalue weighted by atomic mass is 16.6. The van der Waals surface area contributed by atoms with Gasteiger partial charge in [0.1, 0.15) is 17.4 Å². The van der Waals surface area contributed by atoms with Gasteiger partial charge in [-0.2, -0.15) is 0 Å². The van der Waals surface area contributed by atoms with Crippen molar-refractivity contribution in [3.8, 4) is 0 Å². The molecule has 2 N–H and O–H groups in total. The number of amides is 1. The number of furan rings is 1. The lowest BCUT2D eigenvalue weighted by atomic mass is 10.2. The second-order valence-corrected chi connectivity index (χ2v) is 5.19. The molecule has 0 aliphatic heterocycles. The third-order valence-electron chi connectivity index (χ3n) is 2.19. The van der Waals surface area contributed by atoms with E-state index in [4.69, 9.17) is 14.3 Å². The van der Waals surface area contributed by atoms with Crippen LogP contribution in [0.5, 0.6) is 0 Å². The zero-order valence-corrected chi connectivity index (χ0v) is 11.8. The normalized spacial score (nSPS) is 13.2. The number of hydrogen-bond donors (Lipinski definition) is 2. The number of alkyl carbamates (subject to hydrolysis) is 1. The van der Waals surface area contributed by atoms with Crippen molar-refractivity contribution >= 4 is 18.1 Å². The Morgan fingerprint density at radius 1 is 1.50 bits per heavy atom. The average Bonchev–Trinajstić information content (AvgIpc) is 2.77. The molecule has 1 aromatic heterocycles. The van der Waals surface area contributed by atoms with Gasteiger partial charge in [0, 0.05) is 0 Å². The van der Waals surface area contributed by atoms with Crippen LogP contribution in [0.15, 0.2) is 28.9 Å². The van der Waals surface area contributed by atoms with Crippen LogP contribution < -0.4 is 5.32 Å². The SMILES string of the molecule is CC(C)(C)OC(=O)NC(C/C=C/c1ccco1)C(=O)O. The van der Waals surface area contributed by atoms with Gasteiger partial charge in [-0.15, -0.1) is 0 Å². The van der Waals surface area contributed by atoms with Crippen molar-refractivity contribution in [3.05, 3.63) is 30.2 Å². The van der Waals surface area contributed by atoms with Crippen LogP contribution in [0.2, 0.25) is 0 Å². The second-order valence-electron chi connectivity index (χ2n) is 5.19. The Hall–Kier alpha value is -2.24. The van der Waals surface area contributed by atoms with E-state index in [9.17, 15) is 9.59 Å². The summed E-state index contributed by atoms with van der Waals surface area (Å²) in [5.41, 5.74) is -0.669. The van der Waals surface area contributed by atoms with Crippen molar-refractivity contribution in [1.82, 2.24) is 5.32 Å². The van der Waals surface area contributed by atoms with Crippen LogP contribution >= 0.6 is 0 Å². The number of hydrogen-bond acceptors (Lipinski definition) is 4. The summed E-state index contributed by atoms with van der Waals surface area (Å²) in [5, 5.41) is 11.4. The second kappa shape index (κ2) is 6.79. The predicted octanol–water partition coefficient (Wildman–Crippen LogP) is 2.66. The fraction of sp³-hybridized carbons (Fsp3) is 0.429. The highest BCUT2D eigenvalue weighted by molar-refractivity contribution is 5.80. The first-order valence-electron chi connectivity index (χ1n) is 6.20. The van der Waals surface area contributed by atoms with Crippen LogP contribution in [0.1, 0.15) is 33.0 Å². The summed E-state index contributed by atoms with van der Waals surface area (Å²) in [7, 11) is 0. The number of carboxylic acid groups (broad SMARTS) is 1. The molecule has 0 aromatic carbocycles. The van der Waals surface area contributed by atoms with Gasteiger partial charge in [-0.05, 0) is 45.4 Å². The van der Waals surface area contributed by atoms with E-state index < -0.39 is 23.7 Å². The van der Waals surface area contributed by atoms with Crippen LogP contribution in [0.3, 0.4) is 0 Å². The zero-order valence-electron chi connectivity index (χ0n) is 11.8. The summed E-state index contributed by atoms with van der Waals surface area (Å²) < 4.78 is 10.1. The lowest BCUT2D eigenvalue weighted by Gasteiger charge is -2.21. The molecule has 0 radical (unpaired) electrons. The number of carboxylic acids is 1. The monoisotopic (exact) mass is 281 g/mol. The van der Waals surface area contributed by atoms with E-state index in [1.54, 1.807) is 45.1 Å². The summed E-state index contributed by atoms with van der Waals surface area (Å²) >= 11 is 0. The number of carbonyl (C=O) groups is 2. The molecule has 1 rings (SSSR count). The van der Waals surface area contributed by atoms with Crippen molar-refractivity contribution in [2.75, 3.05) is 0 Å². The number of carbonyl (C=O) groups excluding carboxylic acids is 1. The highest BCUT2D eigenvalue weighted by Crippen LogP contribution is 2.08. The van der Waals surface area contributed by atoms with E-state index >= 15 is 0 Å². The topological polar surface area (TPSA) is 88.8 Å². The molecule has 0 saturated carbocycles. The molecule has 1 heterocycles. The van der Waals surface area contributed by atoms with Crippen LogP contribution in [0.4, 0.5) is 4.79 Å². The van der Waals surface area contributed by atoms with Crippen LogP contribution in [-0.4, -0.2) is 28.8 Å². The van der Waals surface area contributed by atoms with Crippen molar-refractivity contribution in [3.63, 3.8) is 0 Å². The van der Waals surface area contributed by atoms with E-state index in [-0.39, 0.29) is 6.42 Å². The van der Waals surface area contributed by atoms with Gasteiger partial charge in [-0.1, -0.05) is 6.08 Å². The summed E-state index contributed by atoms with van der Waals surface area (Å²) in [4.78, 5) is 22.6. The maximum atomic E-state index is 11.5. The molecule has 20 heavy (non-hydrogen) atoms. The molecule has 1 aromatic rings. The lowest BCUT2D eigenvalue weighted by molar-refractivity contribution is -0.139. The predicted molar refractivity (Wildman–Crippen MR) is 73.2 cm³/mol. The zero-order chi connectivity index (χ0) is 15.2. The van der Waals surface area contributed by atoms with Gasteiger partial charge in [0.05, 0.1) is 6.26 Å². The van der Waals surface area contributed by atoms with Crippen molar-refractivity contribution in [1.29, 1.82) is 0 Å². The van der Waals surface area contributed by atoms with Crippen LogP contribution in [0.25, 0.3) is 6.08 Å². The molecule has 110 valence electrons. The Morgan fingerprint density at radius 3 is 2.70 bits per heavy atom. The highest BCUT2D eigenvalue weighted by Gasteiger charge is 2.22.